The van der Waals surface area contributed by atoms with Crippen LogP contribution in [-0.4, -0.2) is 44.3 Å². The Hall–Kier alpha value is -2.08. The molecule has 1 amide bonds. The molecular weight excluding hydrogens is 322 g/mol. The lowest BCUT2D eigenvalue weighted by Crippen LogP contribution is -2.39. The molecular formula is C19H29NO5. The largest absolute Gasteiger partial charge is 0.479 e. The van der Waals surface area contributed by atoms with Gasteiger partial charge in [-0.15, -0.1) is 0 Å². The number of amides is 1. The van der Waals surface area contributed by atoms with Crippen LogP contribution in [0.25, 0.3) is 0 Å². The first-order chi connectivity index (χ1) is 11.6. The summed E-state index contributed by atoms with van der Waals surface area (Å²) >= 11 is 0. The average Bonchev–Trinajstić information content (AvgIpc) is 2.54. The van der Waals surface area contributed by atoms with E-state index >= 15 is 0 Å². The monoisotopic (exact) mass is 351 g/mol. The first-order valence-electron chi connectivity index (χ1n) is 8.39. The van der Waals surface area contributed by atoms with E-state index in [2.05, 4.69) is 26.1 Å². The van der Waals surface area contributed by atoms with Crippen LogP contribution in [0.5, 0.6) is 5.75 Å². The fraction of sp³-hybridized carbons (Fsp3) is 0.579. The summed E-state index contributed by atoms with van der Waals surface area (Å²) in [5, 5.41) is 2.62. The summed E-state index contributed by atoms with van der Waals surface area (Å²) in [6.07, 6.45) is -1.70. The standard InChI is InChI=1S/C19H29NO5/c1-13(17(21)20-11-12-23-6)25-18(22)14(2)24-16-9-7-15(8-10-16)19(3,4)5/h7-10,13-14H,11-12H2,1-6H3,(H,20,21)/t13-,14+/m0/s1. The molecule has 0 aliphatic carbocycles. The van der Waals surface area contributed by atoms with Crippen molar-refractivity contribution in [2.75, 3.05) is 20.3 Å². The molecule has 0 aliphatic rings. The summed E-state index contributed by atoms with van der Waals surface area (Å²) in [5.74, 6) is -0.379. The normalized spacial score (nSPS) is 13.7. The van der Waals surface area contributed by atoms with Gasteiger partial charge in [-0.2, -0.15) is 0 Å². The van der Waals surface area contributed by atoms with Gasteiger partial charge in [-0.05, 0) is 37.0 Å². The highest BCUT2D eigenvalue weighted by Crippen LogP contribution is 2.24. The molecule has 0 unspecified atom stereocenters. The third kappa shape index (κ3) is 7.13. The second-order valence-electron chi connectivity index (χ2n) is 6.90. The van der Waals surface area contributed by atoms with Crippen LogP contribution in [0.15, 0.2) is 24.3 Å². The van der Waals surface area contributed by atoms with Gasteiger partial charge in [0.05, 0.1) is 6.61 Å². The molecule has 2 atom stereocenters. The molecule has 0 bridgehead atoms. The fourth-order valence-corrected chi connectivity index (χ4v) is 2.03. The summed E-state index contributed by atoms with van der Waals surface area (Å²) in [6, 6.07) is 7.59. The number of ether oxygens (including phenoxy) is 3. The average molecular weight is 351 g/mol. The van der Waals surface area contributed by atoms with E-state index in [0.29, 0.717) is 18.9 Å². The molecule has 0 spiro atoms. The minimum atomic E-state index is -0.890. The fourth-order valence-electron chi connectivity index (χ4n) is 2.03. The Kier molecular flexibility index (Phi) is 7.90. The van der Waals surface area contributed by atoms with Gasteiger partial charge in [0.2, 0.25) is 0 Å². The van der Waals surface area contributed by atoms with Gasteiger partial charge in [0.1, 0.15) is 5.75 Å². The van der Waals surface area contributed by atoms with Crippen molar-refractivity contribution in [3.05, 3.63) is 29.8 Å². The SMILES string of the molecule is COCCNC(=O)[C@H](C)OC(=O)[C@@H](C)Oc1ccc(C(C)(C)C)cc1. The van der Waals surface area contributed by atoms with Crippen LogP contribution in [0.3, 0.4) is 0 Å². The zero-order valence-corrected chi connectivity index (χ0v) is 15.9. The predicted molar refractivity (Wildman–Crippen MR) is 95.7 cm³/mol. The first kappa shape index (κ1) is 21.0. The topological polar surface area (TPSA) is 73.9 Å². The third-order valence-corrected chi connectivity index (χ3v) is 3.63. The van der Waals surface area contributed by atoms with Crippen molar-refractivity contribution in [3.63, 3.8) is 0 Å². The minimum absolute atomic E-state index is 0.0503. The van der Waals surface area contributed by atoms with Crippen molar-refractivity contribution in [2.45, 2.75) is 52.2 Å². The van der Waals surface area contributed by atoms with Crippen LogP contribution in [0.4, 0.5) is 0 Å². The van der Waals surface area contributed by atoms with E-state index in [1.807, 2.05) is 24.3 Å². The highest BCUT2D eigenvalue weighted by molar-refractivity contribution is 5.84. The van der Waals surface area contributed by atoms with Crippen LogP contribution >= 0.6 is 0 Å². The maximum absolute atomic E-state index is 12.1. The number of nitrogens with one attached hydrogen (secondary N) is 1. The zero-order valence-electron chi connectivity index (χ0n) is 15.9. The maximum Gasteiger partial charge on any atom is 0.347 e. The molecule has 6 heteroatoms. The van der Waals surface area contributed by atoms with Gasteiger partial charge in [0, 0.05) is 13.7 Å². The molecule has 6 nitrogen and oxygen atoms in total. The second-order valence-corrected chi connectivity index (χ2v) is 6.90. The van der Waals surface area contributed by atoms with Crippen LogP contribution in [0, 0.1) is 0 Å². The number of methoxy groups -OCH3 is 1. The highest BCUT2D eigenvalue weighted by atomic mass is 16.6. The Labute approximate surface area is 149 Å². The molecule has 0 aromatic heterocycles. The molecule has 1 rings (SSSR count). The highest BCUT2D eigenvalue weighted by Gasteiger charge is 2.23. The van der Waals surface area contributed by atoms with Crippen molar-refractivity contribution in [1.29, 1.82) is 0 Å². The molecule has 1 aromatic rings. The molecule has 25 heavy (non-hydrogen) atoms. The quantitative estimate of drug-likeness (QED) is 0.575. The Morgan fingerprint density at radius 2 is 1.68 bits per heavy atom. The molecule has 1 N–H and O–H groups in total. The van der Waals surface area contributed by atoms with Gasteiger partial charge >= 0.3 is 5.97 Å². The summed E-state index contributed by atoms with van der Waals surface area (Å²) in [5.41, 5.74) is 1.23. The molecule has 0 radical (unpaired) electrons. The third-order valence-electron chi connectivity index (χ3n) is 3.63. The van der Waals surface area contributed by atoms with Crippen molar-refractivity contribution >= 4 is 11.9 Å². The number of hydrogen-bond acceptors (Lipinski definition) is 5. The van der Waals surface area contributed by atoms with Gasteiger partial charge < -0.3 is 19.5 Å². The molecule has 0 aliphatic heterocycles. The Balaban J connectivity index is 2.52. The summed E-state index contributed by atoms with van der Waals surface area (Å²) < 4.78 is 15.6. The van der Waals surface area contributed by atoms with E-state index in [1.165, 1.54) is 12.5 Å². The van der Waals surface area contributed by atoms with E-state index < -0.39 is 18.2 Å². The van der Waals surface area contributed by atoms with Gasteiger partial charge in [0.15, 0.2) is 12.2 Å². The molecule has 0 heterocycles. The Morgan fingerprint density at radius 1 is 1.08 bits per heavy atom. The Morgan fingerprint density at radius 3 is 2.20 bits per heavy atom. The van der Waals surface area contributed by atoms with Gasteiger partial charge in [-0.1, -0.05) is 32.9 Å². The molecule has 1 aromatic carbocycles. The van der Waals surface area contributed by atoms with Crippen LogP contribution in [-0.2, 0) is 24.5 Å². The smallest absolute Gasteiger partial charge is 0.347 e. The molecule has 0 fully saturated rings. The second kappa shape index (κ2) is 9.42. The lowest BCUT2D eigenvalue weighted by molar-refractivity contribution is -0.160. The van der Waals surface area contributed by atoms with Crippen LogP contribution in [0.1, 0.15) is 40.2 Å². The van der Waals surface area contributed by atoms with Crippen molar-refractivity contribution < 1.29 is 23.8 Å². The summed E-state index contributed by atoms with van der Waals surface area (Å²) in [7, 11) is 1.54. The zero-order chi connectivity index (χ0) is 19.0. The minimum Gasteiger partial charge on any atom is -0.479 e. The van der Waals surface area contributed by atoms with Crippen LogP contribution in [0.2, 0.25) is 0 Å². The summed E-state index contributed by atoms with van der Waals surface area (Å²) in [4.78, 5) is 23.8. The molecule has 0 saturated heterocycles. The van der Waals surface area contributed by atoms with Gasteiger partial charge in [-0.25, -0.2) is 4.79 Å². The number of benzene rings is 1. The van der Waals surface area contributed by atoms with Crippen molar-refractivity contribution in [3.8, 4) is 5.75 Å². The molecule has 140 valence electrons. The predicted octanol–water partition coefficient (Wildman–Crippen LogP) is 2.45. The number of carbonyl (C=O) groups excluding carboxylic acids is 2. The number of esters is 1. The lowest BCUT2D eigenvalue weighted by Gasteiger charge is -2.20. The van der Waals surface area contributed by atoms with E-state index in [0.717, 1.165) is 0 Å². The summed E-state index contributed by atoms with van der Waals surface area (Å²) in [6.45, 7) is 10.3. The first-order valence-corrected chi connectivity index (χ1v) is 8.39. The van der Waals surface area contributed by atoms with E-state index in [4.69, 9.17) is 14.2 Å². The maximum atomic E-state index is 12.1. The van der Waals surface area contributed by atoms with Crippen LogP contribution < -0.4 is 10.1 Å². The molecule has 0 saturated carbocycles. The van der Waals surface area contributed by atoms with Crippen molar-refractivity contribution in [2.24, 2.45) is 0 Å². The number of hydrogen-bond donors (Lipinski definition) is 1. The van der Waals surface area contributed by atoms with E-state index in [9.17, 15) is 9.59 Å². The lowest BCUT2D eigenvalue weighted by atomic mass is 9.87. The van der Waals surface area contributed by atoms with E-state index in [1.54, 1.807) is 14.0 Å². The van der Waals surface area contributed by atoms with Crippen molar-refractivity contribution in [1.82, 2.24) is 5.32 Å². The van der Waals surface area contributed by atoms with Gasteiger partial charge in [-0.3, -0.25) is 4.79 Å². The Bertz CT molecular complexity index is 562. The van der Waals surface area contributed by atoms with Gasteiger partial charge in [0.25, 0.3) is 5.91 Å². The number of carbonyl (C=O) groups is 2. The number of rotatable bonds is 8. The van der Waals surface area contributed by atoms with E-state index in [-0.39, 0.29) is 11.3 Å².